The van der Waals surface area contributed by atoms with E-state index in [4.69, 9.17) is 18.9 Å². The Balaban J connectivity index is 1.44. The molecule has 3 aromatic rings. The molecule has 0 spiro atoms. The molecule has 0 radical (unpaired) electrons. The third kappa shape index (κ3) is 3.75. The number of esters is 1. The van der Waals surface area contributed by atoms with Gasteiger partial charge in [0.1, 0.15) is 10.5 Å². The molecular formula is C23H25N3O5S. The molecule has 0 saturated carbocycles. The maximum Gasteiger partial charge on any atom is 0.337 e. The highest BCUT2D eigenvalue weighted by molar-refractivity contribution is 7.17. The Morgan fingerprint density at radius 3 is 3.06 bits per heavy atom. The summed E-state index contributed by atoms with van der Waals surface area (Å²) in [5, 5.41) is 4.79. The minimum Gasteiger partial charge on any atom is -0.465 e. The fourth-order valence-corrected chi connectivity index (χ4v) is 5.48. The SMILES string of the molecule is COC(=O)c1ccc2occ(C[C@H]3COCCN3c3nc4c(s3)C(=O)NC(C)(C)C4)c2c1. The van der Waals surface area contributed by atoms with Crippen LogP contribution in [0, 0.1) is 0 Å². The van der Waals surface area contributed by atoms with Gasteiger partial charge in [-0.1, -0.05) is 11.3 Å². The number of carbonyl (C=O) groups excluding carboxylic acids is 2. The van der Waals surface area contributed by atoms with Gasteiger partial charge in [0.15, 0.2) is 5.13 Å². The van der Waals surface area contributed by atoms with Gasteiger partial charge in [0.2, 0.25) is 0 Å². The molecule has 32 heavy (non-hydrogen) atoms. The quantitative estimate of drug-likeness (QED) is 0.604. The first kappa shape index (κ1) is 21.0. The van der Waals surface area contributed by atoms with Gasteiger partial charge in [-0.05, 0) is 38.5 Å². The largest absolute Gasteiger partial charge is 0.465 e. The van der Waals surface area contributed by atoms with E-state index in [1.54, 1.807) is 18.4 Å². The molecule has 4 heterocycles. The van der Waals surface area contributed by atoms with Crippen LogP contribution in [0.4, 0.5) is 5.13 Å². The molecule has 1 N–H and O–H groups in total. The van der Waals surface area contributed by atoms with Gasteiger partial charge in [-0.25, -0.2) is 9.78 Å². The number of thiazole rings is 1. The molecular weight excluding hydrogens is 430 g/mol. The zero-order valence-electron chi connectivity index (χ0n) is 18.3. The molecule has 1 amide bonds. The van der Waals surface area contributed by atoms with Crippen LogP contribution < -0.4 is 10.2 Å². The summed E-state index contributed by atoms with van der Waals surface area (Å²) in [6, 6.07) is 5.33. The number of hydrogen-bond donors (Lipinski definition) is 1. The Bertz CT molecular complexity index is 1200. The predicted molar refractivity (Wildman–Crippen MR) is 121 cm³/mol. The van der Waals surface area contributed by atoms with E-state index in [0.717, 1.165) is 27.4 Å². The average Bonchev–Trinajstić information content (AvgIpc) is 3.37. The Morgan fingerprint density at radius 2 is 2.25 bits per heavy atom. The number of carbonyl (C=O) groups is 2. The lowest BCUT2D eigenvalue weighted by atomic mass is 9.94. The predicted octanol–water partition coefficient (Wildman–Crippen LogP) is 3.19. The van der Waals surface area contributed by atoms with Crippen molar-refractivity contribution < 1.29 is 23.5 Å². The number of methoxy groups -OCH3 is 1. The molecule has 0 bridgehead atoms. The Hall–Kier alpha value is -2.91. The molecule has 8 nitrogen and oxygen atoms in total. The maximum absolute atomic E-state index is 12.6. The summed E-state index contributed by atoms with van der Waals surface area (Å²) in [4.78, 5) is 32.3. The fourth-order valence-electron chi connectivity index (χ4n) is 4.40. The lowest BCUT2D eigenvalue weighted by molar-refractivity contribution is 0.0600. The average molecular weight is 456 g/mol. The number of benzene rings is 1. The molecule has 1 fully saturated rings. The van der Waals surface area contributed by atoms with E-state index in [1.165, 1.54) is 18.4 Å². The zero-order valence-corrected chi connectivity index (χ0v) is 19.1. The van der Waals surface area contributed by atoms with Crippen LogP contribution in [-0.4, -0.2) is 55.3 Å². The zero-order chi connectivity index (χ0) is 22.5. The molecule has 0 unspecified atom stereocenters. The summed E-state index contributed by atoms with van der Waals surface area (Å²) < 4.78 is 16.4. The molecule has 5 rings (SSSR count). The smallest absolute Gasteiger partial charge is 0.337 e. The van der Waals surface area contributed by atoms with Crippen molar-refractivity contribution in [1.29, 1.82) is 0 Å². The van der Waals surface area contributed by atoms with Crippen LogP contribution in [0.5, 0.6) is 0 Å². The number of morpholine rings is 1. The second-order valence-electron chi connectivity index (χ2n) is 8.88. The van der Waals surface area contributed by atoms with Crippen molar-refractivity contribution in [3.63, 3.8) is 0 Å². The van der Waals surface area contributed by atoms with Gasteiger partial charge >= 0.3 is 5.97 Å². The van der Waals surface area contributed by atoms with Crippen LogP contribution in [0.2, 0.25) is 0 Å². The van der Waals surface area contributed by atoms with Crippen molar-refractivity contribution in [3.8, 4) is 0 Å². The summed E-state index contributed by atoms with van der Waals surface area (Å²) >= 11 is 1.44. The van der Waals surface area contributed by atoms with Crippen LogP contribution in [0.1, 0.15) is 45.1 Å². The fraction of sp³-hybridized carbons (Fsp3) is 0.435. The Labute approximate surface area is 189 Å². The van der Waals surface area contributed by atoms with Crippen LogP contribution >= 0.6 is 11.3 Å². The monoisotopic (exact) mass is 455 g/mol. The number of anilines is 1. The molecule has 168 valence electrons. The Morgan fingerprint density at radius 1 is 1.41 bits per heavy atom. The van der Waals surface area contributed by atoms with Gasteiger partial charge < -0.3 is 24.1 Å². The number of fused-ring (bicyclic) bond motifs is 2. The number of rotatable bonds is 4. The highest BCUT2D eigenvalue weighted by atomic mass is 32.1. The molecule has 9 heteroatoms. The molecule has 2 aliphatic heterocycles. The van der Waals surface area contributed by atoms with E-state index in [9.17, 15) is 9.59 Å². The van der Waals surface area contributed by atoms with Gasteiger partial charge in [0.05, 0.1) is 43.9 Å². The van der Waals surface area contributed by atoms with Gasteiger partial charge in [0.25, 0.3) is 5.91 Å². The topological polar surface area (TPSA) is 93.9 Å². The van der Waals surface area contributed by atoms with E-state index in [1.807, 2.05) is 19.9 Å². The highest BCUT2D eigenvalue weighted by Gasteiger charge is 2.35. The number of hydrogen-bond acceptors (Lipinski definition) is 8. The van der Waals surface area contributed by atoms with E-state index in [-0.39, 0.29) is 23.5 Å². The standard InChI is InChI=1S/C23H25N3O5S/c1-23(2)10-17-19(20(27)25-23)32-22(24-17)26-6-7-30-12-15(26)8-14-11-31-18-5-4-13(9-16(14)18)21(28)29-3/h4-5,9,11,15H,6-8,10,12H2,1-3H3,(H,25,27)/t15-/m0/s1. The van der Waals surface area contributed by atoms with Crippen LogP contribution in [0.25, 0.3) is 11.0 Å². The second-order valence-corrected chi connectivity index (χ2v) is 9.85. The summed E-state index contributed by atoms with van der Waals surface area (Å²) in [6.07, 6.45) is 3.11. The van der Waals surface area contributed by atoms with Crippen LogP contribution in [0.15, 0.2) is 28.9 Å². The van der Waals surface area contributed by atoms with E-state index < -0.39 is 0 Å². The number of nitrogens with one attached hydrogen (secondary N) is 1. The normalized spacial score (nSPS) is 20.2. The van der Waals surface area contributed by atoms with E-state index in [0.29, 0.717) is 43.0 Å². The van der Waals surface area contributed by atoms with Gasteiger partial charge in [-0.2, -0.15) is 0 Å². The summed E-state index contributed by atoms with van der Waals surface area (Å²) in [5.74, 6) is -0.433. The molecule has 1 atom stereocenters. The molecule has 1 saturated heterocycles. The van der Waals surface area contributed by atoms with Crippen molar-refractivity contribution >= 4 is 39.3 Å². The van der Waals surface area contributed by atoms with E-state index >= 15 is 0 Å². The summed E-state index contributed by atoms with van der Waals surface area (Å²) in [6.45, 7) is 5.88. The van der Waals surface area contributed by atoms with Crippen molar-refractivity contribution in [2.75, 3.05) is 31.8 Å². The molecule has 0 aliphatic carbocycles. The Kier molecular flexibility index (Phi) is 5.17. The summed E-state index contributed by atoms with van der Waals surface area (Å²) in [5.41, 5.74) is 2.76. The minimum atomic E-state index is -0.378. The summed E-state index contributed by atoms with van der Waals surface area (Å²) in [7, 11) is 1.37. The molecule has 2 aliphatic rings. The first-order chi connectivity index (χ1) is 15.3. The van der Waals surface area contributed by atoms with Crippen molar-refractivity contribution in [2.24, 2.45) is 0 Å². The van der Waals surface area contributed by atoms with E-state index in [2.05, 4.69) is 10.2 Å². The first-order valence-corrected chi connectivity index (χ1v) is 11.4. The molecule has 2 aromatic heterocycles. The second kappa shape index (κ2) is 7.90. The number of aromatic nitrogens is 1. The van der Waals surface area contributed by atoms with Crippen LogP contribution in [0.3, 0.4) is 0 Å². The van der Waals surface area contributed by atoms with Gasteiger partial charge in [0, 0.05) is 29.5 Å². The van der Waals surface area contributed by atoms with Crippen molar-refractivity contribution in [1.82, 2.24) is 10.3 Å². The van der Waals surface area contributed by atoms with Crippen molar-refractivity contribution in [3.05, 3.63) is 46.2 Å². The number of furan rings is 1. The maximum atomic E-state index is 12.6. The van der Waals surface area contributed by atoms with Gasteiger partial charge in [-0.3, -0.25) is 4.79 Å². The number of nitrogens with zero attached hydrogens (tertiary/aromatic N) is 2. The highest BCUT2D eigenvalue weighted by Crippen LogP contribution is 2.34. The number of ether oxygens (including phenoxy) is 2. The lowest BCUT2D eigenvalue weighted by Gasteiger charge is -2.35. The number of amides is 1. The minimum absolute atomic E-state index is 0.0370. The molecule has 1 aromatic carbocycles. The first-order valence-electron chi connectivity index (χ1n) is 10.6. The third-order valence-electron chi connectivity index (χ3n) is 5.96. The van der Waals surface area contributed by atoms with Crippen molar-refractivity contribution in [2.45, 2.75) is 38.3 Å². The van der Waals surface area contributed by atoms with Gasteiger partial charge in [-0.15, -0.1) is 0 Å². The lowest BCUT2D eigenvalue weighted by Crippen LogP contribution is -2.48. The third-order valence-corrected chi connectivity index (χ3v) is 7.09. The van der Waals surface area contributed by atoms with Crippen LogP contribution in [-0.2, 0) is 22.3 Å².